The topological polar surface area (TPSA) is 61.8 Å². The van der Waals surface area contributed by atoms with Crippen LogP contribution in [0.1, 0.15) is 32.1 Å². The molecule has 1 aliphatic heterocycles. The van der Waals surface area contributed by atoms with Gasteiger partial charge in [-0.25, -0.2) is 0 Å². The maximum atomic E-state index is 11.9. The Morgan fingerprint density at radius 3 is 2.63 bits per heavy atom. The maximum Gasteiger partial charge on any atom is 0.240 e. The van der Waals surface area contributed by atoms with E-state index >= 15 is 0 Å². The molecule has 1 heterocycles. The monoisotopic (exact) mass is 261 g/mol. The van der Waals surface area contributed by atoms with Crippen molar-refractivity contribution in [3.63, 3.8) is 0 Å². The van der Waals surface area contributed by atoms with Crippen LogP contribution < -0.4 is 5.32 Å². The maximum absolute atomic E-state index is 11.9. The summed E-state index contributed by atoms with van der Waals surface area (Å²) in [6, 6.07) is 0.341. The molecular weight excluding hydrogens is 242 g/mol. The van der Waals surface area contributed by atoms with E-state index in [1.807, 2.05) is 0 Å². The molecule has 0 saturated heterocycles. The molecule has 0 spiro atoms. The predicted octanol–water partition coefficient (Wildman–Crippen LogP) is 2.43. The van der Waals surface area contributed by atoms with Crippen LogP contribution >= 0.6 is 0 Å². The number of hydrogen-bond acceptors (Lipinski definition) is 4. The van der Waals surface area contributed by atoms with Crippen LogP contribution in [0, 0.1) is 4.91 Å². The van der Waals surface area contributed by atoms with Crippen LogP contribution in [-0.4, -0.2) is 23.4 Å². The highest BCUT2D eigenvalue weighted by molar-refractivity contribution is 5.78. The van der Waals surface area contributed by atoms with Crippen molar-refractivity contribution < 1.29 is 4.79 Å². The molecule has 1 amide bonds. The first-order valence-corrected chi connectivity index (χ1v) is 6.72. The summed E-state index contributed by atoms with van der Waals surface area (Å²) >= 11 is 0. The second kappa shape index (κ2) is 6.87. The van der Waals surface area contributed by atoms with E-state index in [2.05, 4.69) is 10.5 Å². The first-order valence-electron chi connectivity index (χ1n) is 6.72. The van der Waals surface area contributed by atoms with Gasteiger partial charge in [0.25, 0.3) is 0 Å². The average Bonchev–Trinajstić information content (AvgIpc) is 2.42. The number of hydrogen-bond donors (Lipinski definition) is 1. The van der Waals surface area contributed by atoms with Gasteiger partial charge in [-0.3, -0.25) is 4.79 Å². The molecular formula is C14H19N3O2. The Kier molecular flexibility index (Phi) is 4.89. The molecule has 0 atom stereocenters. The zero-order valence-electron chi connectivity index (χ0n) is 10.9. The Morgan fingerprint density at radius 1 is 1.32 bits per heavy atom. The summed E-state index contributed by atoms with van der Waals surface area (Å²) in [7, 11) is 0. The summed E-state index contributed by atoms with van der Waals surface area (Å²) in [6.45, 7) is 0.311. The van der Waals surface area contributed by atoms with Gasteiger partial charge < -0.3 is 10.2 Å². The SMILES string of the molecule is O=NC=C1C=CN(CC(=O)NC2CCCCC2)C=C1. The number of carbonyl (C=O) groups excluding carboxylic acids is 1. The third kappa shape index (κ3) is 4.35. The van der Waals surface area contributed by atoms with Gasteiger partial charge in [-0.1, -0.05) is 19.3 Å². The van der Waals surface area contributed by atoms with E-state index in [9.17, 15) is 9.70 Å². The van der Waals surface area contributed by atoms with E-state index < -0.39 is 0 Å². The van der Waals surface area contributed by atoms with E-state index in [0.29, 0.717) is 12.6 Å². The number of nitroso groups, excluding NO2 is 1. The summed E-state index contributed by atoms with van der Waals surface area (Å²) in [5.41, 5.74) is 0.735. The van der Waals surface area contributed by atoms with Crippen LogP contribution in [0.15, 0.2) is 41.5 Å². The summed E-state index contributed by atoms with van der Waals surface area (Å²) in [5, 5.41) is 5.78. The van der Waals surface area contributed by atoms with Gasteiger partial charge in [0.05, 0.1) is 6.20 Å². The van der Waals surface area contributed by atoms with Crippen molar-refractivity contribution >= 4 is 5.91 Å². The molecule has 1 fully saturated rings. The minimum atomic E-state index is 0.0436. The van der Waals surface area contributed by atoms with Crippen LogP contribution in [0.4, 0.5) is 0 Å². The smallest absolute Gasteiger partial charge is 0.240 e. The minimum absolute atomic E-state index is 0.0436. The summed E-state index contributed by atoms with van der Waals surface area (Å²) in [5.74, 6) is 0.0436. The summed E-state index contributed by atoms with van der Waals surface area (Å²) < 4.78 is 0. The standard InChI is InChI=1S/C14H19N3O2/c18-14(16-13-4-2-1-3-5-13)11-17-8-6-12(7-9-17)10-15-19/h6-10,13H,1-5,11H2,(H,16,18). The number of nitrogens with zero attached hydrogens (tertiary/aromatic N) is 2. The van der Waals surface area contributed by atoms with Gasteiger partial charge in [0, 0.05) is 18.4 Å². The fraction of sp³-hybridized carbons (Fsp3) is 0.500. The second-order valence-electron chi connectivity index (χ2n) is 4.94. The Hall–Kier alpha value is -1.91. The van der Waals surface area contributed by atoms with Crippen molar-refractivity contribution in [1.29, 1.82) is 0 Å². The first-order chi connectivity index (χ1) is 9.28. The normalized spacial score (nSPS) is 19.4. The van der Waals surface area contributed by atoms with Gasteiger partial charge in [-0.2, -0.15) is 0 Å². The van der Waals surface area contributed by atoms with Crippen molar-refractivity contribution in [3.05, 3.63) is 41.2 Å². The zero-order chi connectivity index (χ0) is 13.5. The molecule has 0 radical (unpaired) electrons. The highest BCUT2D eigenvalue weighted by Crippen LogP contribution is 2.17. The predicted molar refractivity (Wildman–Crippen MR) is 73.9 cm³/mol. The first kappa shape index (κ1) is 13.5. The van der Waals surface area contributed by atoms with E-state index in [0.717, 1.165) is 18.4 Å². The molecule has 102 valence electrons. The molecule has 1 N–H and O–H groups in total. The fourth-order valence-corrected chi connectivity index (χ4v) is 2.41. The number of amides is 1. The van der Waals surface area contributed by atoms with Crippen LogP contribution in [0.2, 0.25) is 0 Å². The summed E-state index contributed by atoms with van der Waals surface area (Å²) in [6.07, 6.45) is 14.2. The van der Waals surface area contributed by atoms with Crippen molar-refractivity contribution in [3.8, 4) is 0 Å². The Bertz CT molecular complexity index is 404. The van der Waals surface area contributed by atoms with Crippen molar-refractivity contribution in [2.75, 3.05) is 6.54 Å². The molecule has 0 aromatic heterocycles. The quantitative estimate of drug-likeness (QED) is 0.790. The molecule has 1 aliphatic carbocycles. The molecule has 5 nitrogen and oxygen atoms in total. The van der Waals surface area contributed by atoms with E-state index in [1.165, 1.54) is 25.5 Å². The Morgan fingerprint density at radius 2 is 2.00 bits per heavy atom. The van der Waals surface area contributed by atoms with E-state index in [4.69, 9.17) is 0 Å². The lowest BCUT2D eigenvalue weighted by Crippen LogP contribution is -2.40. The van der Waals surface area contributed by atoms with Crippen molar-refractivity contribution in [1.82, 2.24) is 10.2 Å². The number of allylic oxidation sites excluding steroid dienone is 3. The Labute approximate surface area is 113 Å². The van der Waals surface area contributed by atoms with Crippen LogP contribution in [0.3, 0.4) is 0 Å². The molecule has 0 bridgehead atoms. The molecule has 2 aliphatic rings. The largest absolute Gasteiger partial charge is 0.352 e. The molecule has 0 aromatic rings. The van der Waals surface area contributed by atoms with Gasteiger partial charge >= 0.3 is 0 Å². The fourth-order valence-electron chi connectivity index (χ4n) is 2.41. The second-order valence-corrected chi connectivity index (χ2v) is 4.94. The molecule has 19 heavy (non-hydrogen) atoms. The zero-order valence-corrected chi connectivity index (χ0v) is 10.9. The molecule has 0 unspecified atom stereocenters. The van der Waals surface area contributed by atoms with Crippen LogP contribution in [-0.2, 0) is 4.79 Å². The molecule has 2 rings (SSSR count). The lowest BCUT2D eigenvalue weighted by molar-refractivity contribution is -0.122. The lowest BCUT2D eigenvalue weighted by atomic mass is 9.95. The van der Waals surface area contributed by atoms with Gasteiger partial charge in [-0.05, 0) is 35.7 Å². The third-order valence-electron chi connectivity index (χ3n) is 3.42. The lowest BCUT2D eigenvalue weighted by Gasteiger charge is -2.24. The Balaban J connectivity index is 1.77. The average molecular weight is 261 g/mol. The van der Waals surface area contributed by atoms with Gasteiger partial charge in [-0.15, -0.1) is 4.91 Å². The van der Waals surface area contributed by atoms with E-state index in [-0.39, 0.29) is 5.91 Å². The minimum Gasteiger partial charge on any atom is -0.352 e. The number of rotatable bonds is 4. The van der Waals surface area contributed by atoms with Crippen molar-refractivity contribution in [2.45, 2.75) is 38.1 Å². The molecule has 5 heteroatoms. The van der Waals surface area contributed by atoms with E-state index in [1.54, 1.807) is 29.5 Å². The summed E-state index contributed by atoms with van der Waals surface area (Å²) in [4.78, 5) is 23.8. The van der Waals surface area contributed by atoms with Gasteiger partial charge in [0.15, 0.2) is 0 Å². The van der Waals surface area contributed by atoms with Crippen LogP contribution in [0.25, 0.3) is 0 Å². The number of nitrogens with one attached hydrogen (secondary N) is 1. The van der Waals surface area contributed by atoms with Gasteiger partial charge in [0.1, 0.15) is 6.54 Å². The molecule has 0 aromatic carbocycles. The third-order valence-corrected chi connectivity index (χ3v) is 3.42. The van der Waals surface area contributed by atoms with Crippen LogP contribution in [0.5, 0.6) is 0 Å². The number of carbonyl (C=O) groups is 1. The molecule has 1 saturated carbocycles. The highest BCUT2D eigenvalue weighted by Gasteiger charge is 2.16. The van der Waals surface area contributed by atoms with Crippen molar-refractivity contribution in [2.24, 2.45) is 5.18 Å². The highest BCUT2D eigenvalue weighted by atomic mass is 16.2. The van der Waals surface area contributed by atoms with Gasteiger partial charge in [0.2, 0.25) is 5.91 Å².